The van der Waals surface area contributed by atoms with Gasteiger partial charge in [0.2, 0.25) is 0 Å². The van der Waals surface area contributed by atoms with Crippen LogP contribution in [0.4, 0.5) is 0 Å². The zero-order valence-corrected chi connectivity index (χ0v) is 9.27. The molecule has 0 saturated heterocycles. The molecule has 12 heavy (non-hydrogen) atoms. The molecule has 0 fully saturated rings. The lowest BCUT2D eigenvalue weighted by Gasteiger charge is -2.11. The fourth-order valence-electron chi connectivity index (χ4n) is 1.29. The van der Waals surface area contributed by atoms with Crippen LogP contribution in [0.5, 0.6) is 0 Å². The van der Waals surface area contributed by atoms with Crippen molar-refractivity contribution in [2.75, 3.05) is 0 Å². The first kappa shape index (κ1) is 9.75. The highest BCUT2D eigenvalue weighted by Crippen LogP contribution is 2.23. The molecule has 0 radical (unpaired) electrons. The molecular weight excluding hydrogens is 214 g/mol. The summed E-state index contributed by atoms with van der Waals surface area (Å²) < 4.78 is 1.16. The monoisotopic (exact) mass is 227 g/mol. The summed E-state index contributed by atoms with van der Waals surface area (Å²) in [6.07, 6.45) is 0. The van der Waals surface area contributed by atoms with Gasteiger partial charge in [-0.15, -0.1) is 0 Å². The van der Waals surface area contributed by atoms with Crippen LogP contribution in [0.2, 0.25) is 0 Å². The van der Waals surface area contributed by atoms with Gasteiger partial charge < -0.3 is 5.73 Å². The molecule has 0 aromatic heterocycles. The third-order valence-electron chi connectivity index (χ3n) is 2.04. The normalized spacial score (nSPS) is 13.1. The van der Waals surface area contributed by atoms with Gasteiger partial charge >= 0.3 is 0 Å². The highest BCUT2D eigenvalue weighted by Gasteiger charge is 2.05. The molecule has 1 aromatic rings. The van der Waals surface area contributed by atoms with Gasteiger partial charge in [-0.2, -0.15) is 0 Å². The summed E-state index contributed by atoms with van der Waals surface area (Å²) in [6, 6.07) is 4.38. The Morgan fingerprint density at radius 1 is 1.25 bits per heavy atom. The van der Waals surface area contributed by atoms with Crippen LogP contribution < -0.4 is 5.73 Å². The number of rotatable bonds is 1. The van der Waals surface area contributed by atoms with E-state index in [4.69, 9.17) is 5.73 Å². The Morgan fingerprint density at radius 2 is 1.83 bits per heavy atom. The van der Waals surface area contributed by atoms with Crippen molar-refractivity contribution in [1.82, 2.24) is 0 Å². The predicted octanol–water partition coefficient (Wildman–Crippen LogP) is 3.09. The van der Waals surface area contributed by atoms with Gasteiger partial charge in [-0.3, -0.25) is 0 Å². The van der Waals surface area contributed by atoms with E-state index in [1.54, 1.807) is 0 Å². The topological polar surface area (TPSA) is 26.0 Å². The molecule has 1 atom stereocenters. The van der Waals surface area contributed by atoms with Gasteiger partial charge in [0.25, 0.3) is 0 Å². The second-order valence-corrected chi connectivity index (χ2v) is 4.10. The molecule has 1 nitrogen and oxygen atoms in total. The van der Waals surface area contributed by atoms with Gasteiger partial charge in [0, 0.05) is 10.5 Å². The maximum atomic E-state index is 5.82. The Kier molecular flexibility index (Phi) is 2.91. The van der Waals surface area contributed by atoms with Crippen LogP contribution in [0.15, 0.2) is 16.6 Å². The lowest BCUT2D eigenvalue weighted by molar-refractivity contribution is 0.808. The van der Waals surface area contributed by atoms with E-state index >= 15 is 0 Å². The van der Waals surface area contributed by atoms with E-state index in [9.17, 15) is 0 Å². The van der Waals surface area contributed by atoms with Crippen molar-refractivity contribution < 1.29 is 0 Å². The smallest absolute Gasteiger partial charge is 0.0268 e. The summed E-state index contributed by atoms with van der Waals surface area (Å²) in [5, 5.41) is 0. The van der Waals surface area contributed by atoms with Crippen molar-refractivity contribution in [3.8, 4) is 0 Å². The van der Waals surface area contributed by atoms with Crippen molar-refractivity contribution in [1.29, 1.82) is 0 Å². The Labute approximate surface area is 82.1 Å². The summed E-state index contributed by atoms with van der Waals surface area (Å²) in [7, 11) is 0. The average Bonchev–Trinajstić information content (AvgIpc) is 1.96. The highest BCUT2D eigenvalue weighted by molar-refractivity contribution is 9.10. The van der Waals surface area contributed by atoms with Gasteiger partial charge in [0.1, 0.15) is 0 Å². The number of hydrogen-bond donors (Lipinski definition) is 1. The molecule has 0 aliphatic rings. The van der Waals surface area contributed by atoms with Crippen molar-refractivity contribution in [2.45, 2.75) is 26.8 Å². The third-order valence-corrected chi connectivity index (χ3v) is 2.89. The fraction of sp³-hybridized carbons (Fsp3) is 0.400. The van der Waals surface area contributed by atoms with Crippen LogP contribution in [0.3, 0.4) is 0 Å². The summed E-state index contributed by atoms with van der Waals surface area (Å²) >= 11 is 3.49. The van der Waals surface area contributed by atoms with E-state index in [0.717, 1.165) is 4.47 Å². The first-order chi connectivity index (χ1) is 5.52. The minimum Gasteiger partial charge on any atom is -0.324 e. The van der Waals surface area contributed by atoms with Crippen LogP contribution in [-0.2, 0) is 0 Å². The summed E-state index contributed by atoms with van der Waals surface area (Å²) in [4.78, 5) is 0. The zero-order chi connectivity index (χ0) is 9.30. The number of benzene rings is 1. The van der Waals surface area contributed by atoms with Crippen molar-refractivity contribution in [3.63, 3.8) is 0 Å². The van der Waals surface area contributed by atoms with Crippen LogP contribution in [-0.4, -0.2) is 0 Å². The average molecular weight is 228 g/mol. The van der Waals surface area contributed by atoms with Gasteiger partial charge in [-0.25, -0.2) is 0 Å². The van der Waals surface area contributed by atoms with Crippen LogP contribution in [0.25, 0.3) is 0 Å². The van der Waals surface area contributed by atoms with Crippen LogP contribution in [0, 0.1) is 13.8 Å². The molecule has 1 aromatic carbocycles. The molecular formula is C10H14BrN. The molecule has 0 saturated carbocycles. The Hall–Kier alpha value is -0.340. The van der Waals surface area contributed by atoms with Gasteiger partial charge in [-0.05, 0) is 43.5 Å². The van der Waals surface area contributed by atoms with Crippen molar-refractivity contribution in [3.05, 3.63) is 33.3 Å². The minimum absolute atomic E-state index is 0.122. The van der Waals surface area contributed by atoms with Gasteiger partial charge in [-0.1, -0.05) is 22.0 Å². The van der Waals surface area contributed by atoms with Gasteiger partial charge in [0.15, 0.2) is 0 Å². The van der Waals surface area contributed by atoms with Crippen LogP contribution >= 0.6 is 15.9 Å². The van der Waals surface area contributed by atoms with E-state index in [2.05, 4.69) is 41.9 Å². The van der Waals surface area contributed by atoms with Gasteiger partial charge in [0.05, 0.1) is 0 Å². The molecule has 0 amide bonds. The first-order valence-electron chi connectivity index (χ1n) is 4.04. The Morgan fingerprint density at radius 3 is 2.33 bits per heavy atom. The molecule has 0 spiro atoms. The predicted molar refractivity (Wildman–Crippen MR) is 56.2 cm³/mol. The molecule has 0 aliphatic heterocycles. The Bertz CT molecular complexity index is 292. The number of aryl methyl sites for hydroxylation is 2. The first-order valence-corrected chi connectivity index (χ1v) is 4.84. The lowest BCUT2D eigenvalue weighted by atomic mass is 10.0. The summed E-state index contributed by atoms with van der Waals surface area (Å²) in [6.45, 7) is 6.17. The van der Waals surface area contributed by atoms with Crippen molar-refractivity contribution in [2.24, 2.45) is 5.73 Å². The number of halogens is 1. The largest absolute Gasteiger partial charge is 0.324 e. The highest BCUT2D eigenvalue weighted by atomic mass is 79.9. The fourth-order valence-corrected chi connectivity index (χ4v) is 1.75. The number of nitrogens with two attached hydrogens (primary N) is 1. The lowest BCUT2D eigenvalue weighted by Crippen LogP contribution is -2.07. The van der Waals surface area contributed by atoms with E-state index in [1.165, 1.54) is 16.7 Å². The van der Waals surface area contributed by atoms with E-state index < -0.39 is 0 Å². The third kappa shape index (κ3) is 1.87. The molecule has 1 rings (SSSR count). The molecule has 0 bridgehead atoms. The SMILES string of the molecule is Cc1cc([C@@H](C)N)c(C)cc1Br. The number of hydrogen-bond acceptors (Lipinski definition) is 1. The zero-order valence-electron chi connectivity index (χ0n) is 7.69. The summed E-state index contributed by atoms with van der Waals surface area (Å²) in [5.74, 6) is 0. The summed E-state index contributed by atoms with van der Waals surface area (Å²) in [5.41, 5.74) is 9.55. The quantitative estimate of drug-likeness (QED) is 0.785. The molecule has 0 aliphatic carbocycles. The molecule has 0 unspecified atom stereocenters. The van der Waals surface area contributed by atoms with E-state index in [0.29, 0.717) is 0 Å². The molecule has 2 heteroatoms. The molecule has 2 N–H and O–H groups in total. The van der Waals surface area contributed by atoms with E-state index in [1.807, 2.05) is 6.92 Å². The molecule has 66 valence electrons. The Balaban J connectivity index is 3.23. The minimum atomic E-state index is 0.122. The maximum absolute atomic E-state index is 5.82. The maximum Gasteiger partial charge on any atom is 0.0268 e. The second kappa shape index (κ2) is 3.58. The molecule has 0 heterocycles. The van der Waals surface area contributed by atoms with Crippen molar-refractivity contribution >= 4 is 15.9 Å². The standard InChI is InChI=1S/C10H14BrN/c1-6-5-10(11)7(2)4-9(6)8(3)12/h4-5,8H,12H2,1-3H3/t8-/m1/s1. The van der Waals surface area contributed by atoms with E-state index in [-0.39, 0.29) is 6.04 Å². The van der Waals surface area contributed by atoms with Crippen LogP contribution in [0.1, 0.15) is 29.7 Å². The second-order valence-electron chi connectivity index (χ2n) is 3.25.